The van der Waals surface area contributed by atoms with Crippen LogP contribution < -0.4 is 5.73 Å². The van der Waals surface area contributed by atoms with Gasteiger partial charge in [-0.15, -0.1) is 12.4 Å². The maximum atomic E-state index is 5.97. The lowest BCUT2D eigenvalue weighted by molar-refractivity contribution is 0.440. The van der Waals surface area contributed by atoms with Crippen LogP contribution in [0.2, 0.25) is 0 Å². The molecule has 0 saturated carbocycles. The van der Waals surface area contributed by atoms with Crippen LogP contribution in [-0.2, 0) is 0 Å². The highest BCUT2D eigenvalue weighted by Gasteiger charge is 2.08. The van der Waals surface area contributed by atoms with Gasteiger partial charge in [0, 0.05) is 5.54 Å². The van der Waals surface area contributed by atoms with Crippen molar-refractivity contribution in [3.05, 3.63) is 0 Å². The van der Waals surface area contributed by atoms with Crippen LogP contribution in [0.5, 0.6) is 0 Å². The lowest BCUT2D eigenvalue weighted by atomic mass is 9.97. The Morgan fingerprint density at radius 2 is 0.905 bits per heavy atom. The third-order valence-electron chi connectivity index (χ3n) is 3.92. The molecule has 132 valence electrons. The summed E-state index contributed by atoms with van der Waals surface area (Å²) in [5.74, 6) is 0. The van der Waals surface area contributed by atoms with Crippen molar-refractivity contribution < 1.29 is 5.48 Å². The summed E-state index contributed by atoms with van der Waals surface area (Å²) >= 11 is 0. The highest BCUT2D eigenvalue weighted by atomic mass is 35.5. The quantitative estimate of drug-likeness (QED) is 0.403. The van der Waals surface area contributed by atoms with Gasteiger partial charge in [0.05, 0.1) is 0 Å². The number of hydrogen-bond acceptors (Lipinski definition) is 1. The molecule has 21 heavy (non-hydrogen) atoms. The van der Waals surface area contributed by atoms with E-state index in [4.69, 9.17) is 5.73 Å². The average molecular weight is 324 g/mol. The summed E-state index contributed by atoms with van der Waals surface area (Å²) in [5.41, 5.74) is 6.01. The minimum absolute atomic E-state index is 0. The molecule has 0 saturated heterocycles. The fourth-order valence-electron chi connectivity index (χ4n) is 2.60. The van der Waals surface area contributed by atoms with Gasteiger partial charge in [-0.05, 0) is 20.3 Å². The van der Waals surface area contributed by atoms with E-state index in [1.165, 1.54) is 89.9 Å². The second-order valence-corrected chi connectivity index (χ2v) is 6.98. The van der Waals surface area contributed by atoms with E-state index in [2.05, 4.69) is 20.8 Å². The van der Waals surface area contributed by atoms with Crippen molar-refractivity contribution in [1.29, 1.82) is 0 Å². The van der Waals surface area contributed by atoms with Gasteiger partial charge in [0.25, 0.3) is 0 Å². The maximum absolute atomic E-state index is 5.97. The first kappa shape index (κ1) is 26.1. The summed E-state index contributed by atoms with van der Waals surface area (Å²) < 4.78 is 0. The molecule has 0 radical (unpaired) electrons. The first-order valence-corrected chi connectivity index (χ1v) is 8.85. The van der Waals surface area contributed by atoms with Crippen LogP contribution in [0, 0.1) is 0 Å². The smallest absolute Gasteiger partial charge is 0.00970 e. The normalized spacial score (nSPS) is 10.9. The molecule has 0 fully saturated rings. The zero-order chi connectivity index (χ0) is 14.4. The van der Waals surface area contributed by atoms with Crippen LogP contribution >= 0.6 is 12.4 Å². The Hall–Kier alpha value is 0.210. The molecule has 0 spiro atoms. The third-order valence-corrected chi connectivity index (χ3v) is 3.92. The van der Waals surface area contributed by atoms with Crippen LogP contribution in [-0.4, -0.2) is 11.0 Å². The molecule has 0 heterocycles. The van der Waals surface area contributed by atoms with Gasteiger partial charge in [-0.25, -0.2) is 0 Å². The first-order chi connectivity index (χ1) is 9.06. The lowest BCUT2D eigenvalue weighted by Gasteiger charge is -2.17. The second kappa shape index (κ2) is 18.3. The van der Waals surface area contributed by atoms with Gasteiger partial charge >= 0.3 is 0 Å². The van der Waals surface area contributed by atoms with E-state index < -0.39 is 0 Å². The molecule has 0 aromatic heterocycles. The Labute approximate surface area is 140 Å². The van der Waals surface area contributed by atoms with Crippen LogP contribution in [0.25, 0.3) is 0 Å². The second-order valence-electron chi connectivity index (χ2n) is 6.98. The zero-order valence-electron chi connectivity index (χ0n) is 14.9. The Balaban J connectivity index is -0.00000162. The molecular formula is C18H42ClNO. The predicted octanol–water partition coefficient (Wildman–Crippen LogP) is 5.80. The molecule has 0 rings (SSSR count). The molecule has 0 aromatic rings. The minimum atomic E-state index is 0. The topological polar surface area (TPSA) is 57.5 Å². The fraction of sp³-hybridized carbons (Fsp3) is 1.00. The monoisotopic (exact) mass is 323 g/mol. The van der Waals surface area contributed by atoms with E-state index in [0.29, 0.717) is 0 Å². The predicted molar refractivity (Wildman–Crippen MR) is 99.4 cm³/mol. The zero-order valence-corrected chi connectivity index (χ0v) is 15.7. The van der Waals surface area contributed by atoms with E-state index >= 15 is 0 Å². The van der Waals surface area contributed by atoms with Crippen LogP contribution in [0.1, 0.15) is 111 Å². The van der Waals surface area contributed by atoms with Crippen molar-refractivity contribution in [3.8, 4) is 0 Å². The Bertz CT molecular complexity index is 181. The molecule has 0 bridgehead atoms. The molecule has 0 unspecified atom stereocenters. The van der Waals surface area contributed by atoms with Gasteiger partial charge in [-0.3, -0.25) is 0 Å². The van der Waals surface area contributed by atoms with Crippen LogP contribution in [0.4, 0.5) is 0 Å². The van der Waals surface area contributed by atoms with Gasteiger partial charge in [-0.1, -0.05) is 90.4 Å². The summed E-state index contributed by atoms with van der Waals surface area (Å²) in [4.78, 5) is 0. The van der Waals surface area contributed by atoms with E-state index in [1.807, 2.05) is 0 Å². The molecular weight excluding hydrogens is 282 g/mol. The summed E-state index contributed by atoms with van der Waals surface area (Å²) in [6.45, 7) is 6.55. The summed E-state index contributed by atoms with van der Waals surface area (Å²) in [6, 6.07) is 0. The van der Waals surface area contributed by atoms with Crippen molar-refractivity contribution in [2.75, 3.05) is 0 Å². The molecule has 0 aliphatic heterocycles. The molecule has 2 nitrogen and oxygen atoms in total. The largest absolute Gasteiger partial charge is 0.412 e. The number of nitrogens with two attached hydrogens (primary N) is 1. The number of rotatable bonds is 14. The number of unbranched alkanes of at least 4 members (excludes halogenated alkanes) is 12. The molecule has 0 aliphatic carbocycles. The van der Waals surface area contributed by atoms with E-state index in [9.17, 15) is 0 Å². The Morgan fingerprint density at radius 1 is 0.619 bits per heavy atom. The number of halogens is 1. The van der Waals surface area contributed by atoms with E-state index in [1.54, 1.807) is 0 Å². The summed E-state index contributed by atoms with van der Waals surface area (Å²) in [6.07, 6.45) is 19.7. The van der Waals surface area contributed by atoms with Crippen LogP contribution in [0.3, 0.4) is 0 Å². The molecule has 4 N–H and O–H groups in total. The van der Waals surface area contributed by atoms with Gasteiger partial charge in [-0.2, -0.15) is 0 Å². The van der Waals surface area contributed by atoms with Crippen molar-refractivity contribution in [2.45, 2.75) is 116 Å². The Morgan fingerprint density at radius 3 is 1.19 bits per heavy atom. The highest BCUT2D eigenvalue weighted by Crippen LogP contribution is 2.15. The molecule has 0 atom stereocenters. The van der Waals surface area contributed by atoms with Crippen molar-refractivity contribution in [1.82, 2.24) is 0 Å². The minimum Gasteiger partial charge on any atom is -0.412 e. The lowest BCUT2D eigenvalue weighted by Crippen LogP contribution is -2.31. The van der Waals surface area contributed by atoms with E-state index in [-0.39, 0.29) is 23.4 Å². The van der Waals surface area contributed by atoms with Gasteiger partial charge < -0.3 is 11.2 Å². The van der Waals surface area contributed by atoms with Gasteiger partial charge in [0.15, 0.2) is 0 Å². The molecule has 0 aromatic carbocycles. The van der Waals surface area contributed by atoms with Gasteiger partial charge in [0.1, 0.15) is 0 Å². The molecule has 0 amide bonds. The van der Waals surface area contributed by atoms with E-state index in [0.717, 1.165) is 0 Å². The third kappa shape index (κ3) is 25.5. The van der Waals surface area contributed by atoms with Crippen molar-refractivity contribution >= 4 is 12.4 Å². The molecule has 3 heteroatoms. The summed E-state index contributed by atoms with van der Waals surface area (Å²) in [7, 11) is 0. The maximum Gasteiger partial charge on any atom is 0.00970 e. The van der Waals surface area contributed by atoms with Crippen molar-refractivity contribution in [3.63, 3.8) is 0 Å². The standard InChI is InChI=1S/C18H39N.ClH.H2O/c1-4-5-6-7-8-9-10-11-12-13-14-15-16-17-18(2,3)19;;/h4-17,19H2,1-3H3;1H;1H2. The summed E-state index contributed by atoms with van der Waals surface area (Å²) in [5, 5.41) is 0. The highest BCUT2D eigenvalue weighted by molar-refractivity contribution is 5.85. The average Bonchev–Trinajstić information content (AvgIpc) is 2.34. The first-order valence-electron chi connectivity index (χ1n) is 8.85. The van der Waals surface area contributed by atoms with Crippen LogP contribution in [0.15, 0.2) is 0 Å². The molecule has 0 aliphatic rings. The number of hydrogen-bond donors (Lipinski definition) is 1. The Kier molecular flexibility index (Phi) is 22.7. The van der Waals surface area contributed by atoms with Gasteiger partial charge in [0.2, 0.25) is 0 Å². The van der Waals surface area contributed by atoms with Crippen molar-refractivity contribution in [2.24, 2.45) is 5.73 Å². The SMILES string of the molecule is CCCCCCCCCCCCCCCC(C)(C)N.Cl.O. The fourth-order valence-corrected chi connectivity index (χ4v) is 2.60.